The first-order valence-electron chi connectivity index (χ1n) is 8.18. The number of hydrogen-bond acceptors (Lipinski definition) is 4. The average Bonchev–Trinajstić information content (AvgIpc) is 3.12. The molecule has 7 heteroatoms. The highest BCUT2D eigenvalue weighted by atomic mass is 16.2. The third kappa shape index (κ3) is 2.96. The van der Waals surface area contributed by atoms with E-state index in [-0.39, 0.29) is 11.8 Å². The van der Waals surface area contributed by atoms with Gasteiger partial charge in [0.15, 0.2) is 0 Å². The van der Waals surface area contributed by atoms with Gasteiger partial charge in [-0.1, -0.05) is 0 Å². The number of nitrogens with one attached hydrogen (secondary N) is 2. The third-order valence-corrected chi connectivity index (χ3v) is 4.38. The zero-order valence-electron chi connectivity index (χ0n) is 13.5. The van der Waals surface area contributed by atoms with E-state index in [0.29, 0.717) is 18.5 Å². The quantitative estimate of drug-likeness (QED) is 0.764. The standard InChI is InChI=1S/C18H17N5O2/c24-17(12-5-6-14-16(9-12)21-11-20-14)22-15-4-2-8-23(18(15)25)13-3-1-7-19-10-13/h1,3,5-7,9-11,15H,2,4,8H2,(H,20,21)(H,22,24)/t15-/m1/s1. The van der Waals surface area contributed by atoms with Crippen LogP contribution in [0.5, 0.6) is 0 Å². The van der Waals surface area contributed by atoms with E-state index in [2.05, 4.69) is 20.3 Å². The van der Waals surface area contributed by atoms with Crippen LogP contribution in [0.15, 0.2) is 49.1 Å². The van der Waals surface area contributed by atoms with Crippen molar-refractivity contribution in [3.63, 3.8) is 0 Å². The van der Waals surface area contributed by atoms with Gasteiger partial charge in [-0.2, -0.15) is 0 Å². The Morgan fingerprint density at radius 2 is 2.24 bits per heavy atom. The Hall–Kier alpha value is -3.22. The highest BCUT2D eigenvalue weighted by Gasteiger charge is 2.31. The van der Waals surface area contributed by atoms with E-state index in [1.54, 1.807) is 47.9 Å². The summed E-state index contributed by atoms with van der Waals surface area (Å²) in [7, 11) is 0. The summed E-state index contributed by atoms with van der Waals surface area (Å²) in [5, 5.41) is 2.86. The summed E-state index contributed by atoms with van der Waals surface area (Å²) < 4.78 is 0. The fourth-order valence-electron chi connectivity index (χ4n) is 3.10. The Kier molecular flexibility index (Phi) is 3.89. The molecule has 0 radical (unpaired) electrons. The van der Waals surface area contributed by atoms with E-state index in [1.165, 1.54) is 0 Å². The molecule has 1 aliphatic rings. The second-order valence-corrected chi connectivity index (χ2v) is 6.00. The molecular weight excluding hydrogens is 318 g/mol. The summed E-state index contributed by atoms with van der Waals surface area (Å²) in [6.45, 7) is 0.636. The number of carbonyl (C=O) groups is 2. The molecule has 3 heterocycles. The molecule has 1 aromatic carbocycles. The Morgan fingerprint density at radius 3 is 3.08 bits per heavy atom. The van der Waals surface area contributed by atoms with Crippen molar-refractivity contribution in [3.8, 4) is 0 Å². The largest absolute Gasteiger partial charge is 0.345 e. The topological polar surface area (TPSA) is 91.0 Å². The molecule has 4 rings (SSSR count). The van der Waals surface area contributed by atoms with Crippen LogP contribution in [0.2, 0.25) is 0 Å². The number of carbonyl (C=O) groups excluding carboxylic acids is 2. The van der Waals surface area contributed by atoms with Crippen molar-refractivity contribution in [2.24, 2.45) is 0 Å². The fraction of sp³-hybridized carbons (Fsp3) is 0.222. The molecule has 1 fully saturated rings. The van der Waals surface area contributed by atoms with Crippen LogP contribution in [0.1, 0.15) is 23.2 Å². The van der Waals surface area contributed by atoms with Crippen LogP contribution in [0.3, 0.4) is 0 Å². The molecule has 3 aromatic rings. The van der Waals surface area contributed by atoms with Gasteiger partial charge >= 0.3 is 0 Å². The van der Waals surface area contributed by atoms with Crippen molar-refractivity contribution in [2.45, 2.75) is 18.9 Å². The average molecular weight is 335 g/mol. The lowest BCUT2D eigenvalue weighted by atomic mass is 10.0. The molecule has 0 unspecified atom stereocenters. The smallest absolute Gasteiger partial charge is 0.252 e. The molecule has 0 spiro atoms. The van der Waals surface area contributed by atoms with Gasteiger partial charge in [-0.3, -0.25) is 14.6 Å². The van der Waals surface area contributed by atoms with Crippen molar-refractivity contribution in [3.05, 3.63) is 54.6 Å². The molecule has 1 atom stereocenters. The Labute approximate surface area is 144 Å². The summed E-state index contributed by atoms with van der Waals surface area (Å²) in [5.41, 5.74) is 2.85. The Balaban J connectivity index is 1.51. The number of pyridine rings is 1. The first-order chi connectivity index (χ1) is 12.2. The van der Waals surface area contributed by atoms with Gasteiger partial charge in [-0.05, 0) is 43.2 Å². The number of piperidine rings is 1. The van der Waals surface area contributed by atoms with Gasteiger partial charge in [0.1, 0.15) is 6.04 Å². The van der Waals surface area contributed by atoms with E-state index in [4.69, 9.17) is 0 Å². The van der Waals surface area contributed by atoms with E-state index < -0.39 is 6.04 Å². The van der Waals surface area contributed by atoms with Gasteiger partial charge in [0.25, 0.3) is 5.91 Å². The molecule has 25 heavy (non-hydrogen) atoms. The van der Waals surface area contributed by atoms with Gasteiger partial charge in [0, 0.05) is 18.3 Å². The predicted molar refractivity (Wildman–Crippen MR) is 93.2 cm³/mol. The second-order valence-electron chi connectivity index (χ2n) is 6.00. The number of nitrogens with zero attached hydrogens (tertiary/aromatic N) is 3. The number of aromatic amines is 1. The SMILES string of the molecule is O=C(N[C@@H]1CCCN(c2cccnc2)C1=O)c1ccc2nc[nH]c2c1. The number of amides is 2. The van der Waals surface area contributed by atoms with Crippen LogP contribution in [-0.2, 0) is 4.79 Å². The number of rotatable bonds is 3. The monoisotopic (exact) mass is 335 g/mol. The van der Waals surface area contributed by atoms with E-state index >= 15 is 0 Å². The lowest BCUT2D eigenvalue weighted by Crippen LogP contribution is -2.52. The number of benzene rings is 1. The van der Waals surface area contributed by atoms with Crippen LogP contribution < -0.4 is 10.2 Å². The van der Waals surface area contributed by atoms with Crippen molar-refractivity contribution in [1.82, 2.24) is 20.3 Å². The minimum absolute atomic E-state index is 0.102. The second kappa shape index (κ2) is 6.35. The molecule has 2 N–H and O–H groups in total. The Bertz CT molecular complexity index is 921. The van der Waals surface area contributed by atoms with Gasteiger partial charge in [-0.25, -0.2) is 4.98 Å². The van der Waals surface area contributed by atoms with Crippen molar-refractivity contribution in [2.75, 3.05) is 11.4 Å². The molecule has 7 nitrogen and oxygen atoms in total. The summed E-state index contributed by atoms with van der Waals surface area (Å²) >= 11 is 0. The zero-order valence-corrected chi connectivity index (χ0v) is 13.5. The fourth-order valence-corrected chi connectivity index (χ4v) is 3.10. The van der Waals surface area contributed by atoms with Gasteiger partial charge in [0.2, 0.25) is 5.91 Å². The predicted octanol–water partition coefficient (Wildman–Crippen LogP) is 1.88. The van der Waals surface area contributed by atoms with Crippen LogP contribution in [-0.4, -0.2) is 39.4 Å². The van der Waals surface area contributed by atoms with Crippen molar-refractivity contribution < 1.29 is 9.59 Å². The number of anilines is 1. The molecule has 126 valence electrons. The van der Waals surface area contributed by atoms with E-state index in [0.717, 1.165) is 23.1 Å². The van der Waals surface area contributed by atoms with E-state index in [1.807, 2.05) is 6.07 Å². The lowest BCUT2D eigenvalue weighted by Gasteiger charge is -2.32. The minimum atomic E-state index is -0.529. The van der Waals surface area contributed by atoms with E-state index in [9.17, 15) is 9.59 Å². The first-order valence-corrected chi connectivity index (χ1v) is 8.18. The number of hydrogen-bond donors (Lipinski definition) is 2. The zero-order chi connectivity index (χ0) is 17.2. The molecule has 1 saturated heterocycles. The van der Waals surface area contributed by atoms with Crippen molar-refractivity contribution in [1.29, 1.82) is 0 Å². The van der Waals surface area contributed by atoms with Crippen LogP contribution in [0, 0.1) is 0 Å². The maximum absolute atomic E-state index is 12.7. The van der Waals surface area contributed by atoms with Gasteiger partial charge in [-0.15, -0.1) is 0 Å². The van der Waals surface area contributed by atoms with Crippen molar-refractivity contribution >= 4 is 28.5 Å². The summed E-state index contributed by atoms with van der Waals surface area (Å²) in [6, 6.07) is 8.35. The Morgan fingerprint density at radius 1 is 1.32 bits per heavy atom. The summed E-state index contributed by atoms with van der Waals surface area (Å²) in [6.07, 6.45) is 6.37. The molecule has 0 bridgehead atoms. The molecule has 2 aromatic heterocycles. The lowest BCUT2D eigenvalue weighted by molar-refractivity contribution is -0.121. The molecule has 0 saturated carbocycles. The highest BCUT2D eigenvalue weighted by Crippen LogP contribution is 2.20. The molecular formula is C18H17N5O2. The first kappa shape index (κ1) is 15.3. The number of fused-ring (bicyclic) bond motifs is 1. The molecule has 1 aliphatic heterocycles. The van der Waals surface area contributed by atoms with Gasteiger partial charge in [0.05, 0.1) is 29.2 Å². The van der Waals surface area contributed by atoms with Crippen LogP contribution >= 0.6 is 0 Å². The third-order valence-electron chi connectivity index (χ3n) is 4.38. The summed E-state index contributed by atoms with van der Waals surface area (Å²) in [5.74, 6) is -0.363. The number of aromatic nitrogens is 3. The minimum Gasteiger partial charge on any atom is -0.345 e. The van der Waals surface area contributed by atoms with Gasteiger partial charge < -0.3 is 15.2 Å². The highest BCUT2D eigenvalue weighted by molar-refractivity contribution is 6.03. The molecule has 0 aliphatic carbocycles. The molecule has 2 amide bonds. The number of H-pyrrole nitrogens is 1. The number of imidazole rings is 1. The maximum Gasteiger partial charge on any atom is 0.252 e. The van der Waals surface area contributed by atoms with Crippen LogP contribution in [0.4, 0.5) is 5.69 Å². The summed E-state index contributed by atoms with van der Waals surface area (Å²) in [4.78, 5) is 38.1. The normalized spacial score (nSPS) is 17.7. The van der Waals surface area contributed by atoms with Crippen LogP contribution in [0.25, 0.3) is 11.0 Å². The maximum atomic E-state index is 12.7.